The van der Waals surface area contributed by atoms with Gasteiger partial charge in [-0.05, 0) is 61.0 Å². The van der Waals surface area contributed by atoms with Gasteiger partial charge < -0.3 is 15.0 Å². The maximum atomic E-state index is 13.4. The first-order valence-corrected chi connectivity index (χ1v) is 13.8. The molecule has 0 aromatic heterocycles. The average molecular weight is 574 g/mol. The van der Waals surface area contributed by atoms with E-state index in [0.717, 1.165) is 20.6 Å². The SMILES string of the molecule is CNC(=O)[C@@H](C)N(Cc1cccc(Br)c1)C(=O)CN(c1ccc(Oc2ccccc2)cc1)S(C)(=O)=O. The third kappa shape index (κ3) is 7.32. The molecule has 0 saturated heterocycles. The van der Waals surface area contributed by atoms with Crippen molar-refractivity contribution in [1.82, 2.24) is 10.2 Å². The van der Waals surface area contributed by atoms with Crippen LogP contribution >= 0.6 is 15.9 Å². The molecule has 36 heavy (non-hydrogen) atoms. The molecule has 3 rings (SSSR count). The van der Waals surface area contributed by atoms with Crippen molar-refractivity contribution in [3.8, 4) is 11.5 Å². The molecule has 0 spiro atoms. The van der Waals surface area contributed by atoms with Crippen LogP contribution in [0, 0.1) is 0 Å². The van der Waals surface area contributed by atoms with Gasteiger partial charge in [-0.1, -0.05) is 46.3 Å². The van der Waals surface area contributed by atoms with Crippen LogP contribution in [0.25, 0.3) is 0 Å². The number of carbonyl (C=O) groups is 2. The Hall–Kier alpha value is -3.37. The predicted molar refractivity (Wildman–Crippen MR) is 143 cm³/mol. The van der Waals surface area contributed by atoms with Crippen LogP contribution in [0.5, 0.6) is 11.5 Å². The van der Waals surface area contributed by atoms with Crippen molar-refractivity contribution in [2.75, 3.05) is 24.2 Å². The third-order valence-electron chi connectivity index (χ3n) is 5.44. The smallest absolute Gasteiger partial charge is 0.244 e. The predicted octanol–water partition coefficient (Wildman–Crippen LogP) is 4.17. The normalized spacial score (nSPS) is 11.9. The Morgan fingerprint density at radius 1 is 0.972 bits per heavy atom. The van der Waals surface area contributed by atoms with Gasteiger partial charge in [0.15, 0.2) is 0 Å². The topological polar surface area (TPSA) is 96.0 Å². The number of amides is 2. The number of rotatable bonds is 10. The Balaban J connectivity index is 1.85. The third-order valence-corrected chi connectivity index (χ3v) is 7.07. The molecule has 0 aliphatic heterocycles. The highest BCUT2D eigenvalue weighted by Gasteiger charge is 2.29. The lowest BCUT2D eigenvalue weighted by molar-refractivity contribution is -0.139. The Morgan fingerprint density at radius 3 is 2.19 bits per heavy atom. The van der Waals surface area contributed by atoms with Crippen LogP contribution in [0.3, 0.4) is 0 Å². The van der Waals surface area contributed by atoms with Gasteiger partial charge in [-0.3, -0.25) is 13.9 Å². The number of likely N-dealkylation sites (N-methyl/N-ethyl adjacent to an activating group) is 1. The minimum atomic E-state index is -3.81. The second kappa shape index (κ2) is 12.0. The van der Waals surface area contributed by atoms with E-state index in [1.165, 1.54) is 11.9 Å². The summed E-state index contributed by atoms with van der Waals surface area (Å²) >= 11 is 3.41. The minimum absolute atomic E-state index is 0.133. The summed E-state index contributed by atoms with van der Waals surface area (Å²) < 4.78 is 33.0. The zero-order chi connectivity index (χ0) is 26.3. The molecule has 0 heterocycles. The summed E-state index contributed by atoms with van der Waals surface area (Å²) in [5, 5.41) is 2.55. The molecule has 2 amide bonds. The number of benzene rings is 3. The van der Waals surface area contributed by atoms with E-state index in [1.807, 2.05) is 54.6 Å². The van der Waals surface area contributed by atoms with Crippen LogP contribution < -0.4 is 14.4 Å². The first-order valence-electron chi connectivity index (χ1n) is 11.1. The van der Waals surface area contributed by atoms with Crippen molar-refractivity contribution < 1.29 is 22.7 Å². The maximum absolute atomic E-state index is 13.4. The Morgan fingerprint density at radius 2 is 1.61 bits per heavy atom. The molecule has 0 bridgehead atoms. The van der Waals surface area contributed by atoms with Crippen LogP contribution in [0.15, 0.2) is 83.3 Å². The summed E-state index contributed by atoms with van der Waals surface area (Å²) in [6.45, 7) is 1.27. The molecular weight excluding hydrogens is 546 g/mol. The first kappa shape index (κ1) is 27.2. The maximum Gasteiger partial charge on any atom is 0.244 e. The van der Waals surface area contributed by atoms with Gasteiger partial charge in [0.25, 0.3) is 0 Å². The number of carbonyl (C=O) groups excluding carboxylic acids is 2. The quantitative estimate of drug-likeness (QED) is 0.392. The van der Waals surface area contributed by atoms with Crippen LogP contribution in [0.1, 0.15) is 12.5 Å². The number of nitrogens with zero attached hydrogens (tertiary/aromatic N) is 2. The molecule has 0 aliphatic carbocycles. The van der Waals surface area contributed by atoms with Crippen molar-refractivity contribution in [2.24, 2.45) is 0 Å². The number of para-hydroxylation sites is 1. The highest BCUT2D eigenvalue weighted by molar-refractivity contribution is 9.10. The fourth-order valence-corrected chi connectivity index (χ4v) is 4.84. The Kier molecular flexibility index (Phi) is 9.11. The highest BCUT2D eigenvalue weighted by Crippen LogP contribution is 2.26. The molecule has 1 atom stereocenters. The Bertz CT molecular complexity index is 1300. The largest absolute Gasteiger partial charge is 0.457 e. The number of ether oxygens (including phenoxy) is 1. The number of anilines is 1. The molecule has 1 N–H and O–H groups in total. The first-order chi connectivity index (χ1) is 17.1. The number of hydrogen-bond donors (Lipinski definition) is 1. The molecule has 0 unspecified atom stereocenters. The van der Waals surface area contributed by atoms with Crippen LogP contribution in [0.2, 0.25) is 0 Å². The second-order valence-corrected chi connectivity index (χ2v) is 10.9. The van der Waals surface area contributed by atoms with E-state index in [-0.39, 0.29) is 12.5 Å². The molecule has 3 aromatic carbocycles. The standard InChI is InChI=1S/C26H28BrN3O5S/c1-19(26(32)28-2)29(17-20-8-7-9-21(27)16-20)25(31)18-30(36(3,33)34)22-12-14-24(15-13-22)35-23-10-5-4-6-11-23/h4-16,19H,17-18H2,1-3H3,(H,28,32)/t19-/m1/s1. The molecular formula is C26H28BrN3O5S. The van der Waals surface area contributed by atoms with Gasteiger partial charge in [0.2, 0.25) is 21.8 Å². The lowest BCUT2D eigenvalue weighted by atomic mass is 10.1. The second-order valence-electron chi connectivity index (χ2n) is 8.12. The fourth-order valence-electron chi connectivity index (χ4n) is 3.54. The molecule has 8 nitrogen and oxygen atoms in total. The van der Waals surface area contributed by atoms with Crippen molar-refractivity contribution in [1.29, 1.82) is 0 Å². The number of sulfonamides is 1. The molecule has 10 heteroatoms. The zero-order valence-electron chi connectivity index (χ0n) is 20.2. The van der Waals surface area contributed by atoms with Crippen molar-refractivity contribution in [3.05, 3.63) is 88.9 Å². The van der Waals surface area contributed by atoms with Gasteiger partial charge in [-0.15, -0.1) is 0 Å². The summed E-state index contributed by atoms with van der Waals surface area (Å²) in [5.74, 6) is 0.300. The van der Waals surface area contributed by atoms with Crippen molar-refractivity contribution in [3.63, 3.8) is 0 Å². The zero-order valence-corrected chi connectivity index (χ0v) is 22.6. The lowest BCUT2D eigenvalue weighted by Crippen LogP contribution is -2.50. The van der Waals surface area contributed by atoms with Crippen LogP contribution in [-0.2, 0) is 26.2 Å². The number of nitrogens with one attached hydrogen (secondary N) is 1. The van der Waals surface area contributed by atoms with E-state index in [0.29, 0.717) is 17.2 Å². The highest BCUT2D eigenvalue weighted by atomic mass is 79.9. The van der Waals surface area contributed by atoms with E-state index in [1.54, 1.807) is 31.2 Å². The van der Waals surface area contributed by atoms with Crippen LogP contribution in [0.4, 0.5) is 5.69 Å². The monoisotopic (exact) mass is 573 g/mol. The summed E-state index contributed by atoms with van der Waals surface area (Å²) in [5.41, 5.74) is 1.10. The summed E-state index contributed by atoms with van der Waals surface area (Å²) in [6.07, 6.45) is 1.04. The van der Waals surface area contributed by atoms with Crippen molar-refractivity contribution >= 4 is 43.5 Å². The molecule has 3 aromatic rings. The fraction of sp³-hybridized carbons (Fsp3) is 0.231. The van der Waals surface area contributed by atoms with E-state index in [4.69, 9.17) is 4.74 Å². The molecule has 0 fully saturated rings. The van der Waals surface area contributed by atoms with Gasteiger partial charge in [-0.2, -0.15) is 0 Å². The molecule has 0 saturated carbocycles. The summed E-state index contributed by atoms with van der Waals surface area (Å²) in [6, 6.07) is 22.2. The molecule has 0 aliphatic rings. The number of halogens is 1. The van der Waals surface area contributed by atoms with Gasteiger partial charge in [0, 0.05) is 18.1 Å². The van der Waals surface area contributed by atoms with Gasteiger partial charge in [-0.25, -0.2) is 8.42 Å². The van der Waals surface area contributed by atoms with Crippen molar-refractivity contribution in [2.45, 2.75) is 19.5 Å². The van der Waals surface area contributed by atoms with Gasteiger partial charge >= 0.3 is 0 Å². The van der Waals surface area contributed by atoms with Gasteiger partial charge in [0.1, 0.15) is 24.1 Å². The Labute approximate surface area is 220 Å². The van der Waals surface area contributed by atoms with E-state index in [9.17, 15) is 18.0 Å². The lowest BCUT2D eigenvalue weighted by Gasteiger charge is -2.31. The van der Waals surface area contributed by atoms with Crippen LogP contribution in [-0.4, -0.2) is 51.0 Å². The average Bonchev–Trinajstić information content (AvgIpc) is 2.85. The van der Waals surface area contributed by atoms with E-state index < -0.39 is 28.5 Å². The van der Waals surface area contributed by atoms with E-state index >= 15 is 0 Å². The number of hydrogen-bond acceptors (Lipinski definition) is 5. The molecule has 190 valence electrons. The minimum Gasteiger partial charge on any atom is -0.457 e. The van der Waals surface area contributed by atoms with Gasteiger partial charge in [0.05, 0.1) is 11.9 Å². The van der Waals surface area contributed by atoms with E-state index in [2.05, 4.69) is 21.2 Å². The summed E-state index contributed by atoms with van der Waals surface area (Å²) in [4.78, 5) is 27.2. The molecule has 0 radical (unpaired) electrons. The summed E-state index contributed by atoms with van der Waals surface area (Å²) in [7, 11) is -2.32.